The SMILES string of the molecule is CC(C)(C#N)N=NC(C)(C)C#N.CC(C)CC(C)(C#N)N=NC(C)(C#N)CC(C)C.CCC(C)(C#N)N=NC(C)(C#N)CC. The summed E-state index contributed by atoms with van der Waals surface area (Å²) in [5.41, 5.74) is -4.94. The summed E-state index contributed by atoms with van der Waals surface area (Å²) in [4.78, 5) is 0. The van der Waals surface area contributed by atoms with Gasteiger partial charge in [-0.1, -0.05) is 41.5 Å². The minimum Gasteiger partial charge on any atom is -0.196 e. The molecule has 0 saturated carbocycles. The Bertz CT molecular complexity index is 1140. The maximum absolute atomic E-state index is 9.20. The molecule has 0 amide bonds. The lowest BCUT2D eigenvalue weighted by Crippen LogP contribution is -2.26. The zero-order valence-corrected chi connectivity index (χ0v) is 29.3. The normalized spacial score (nSPS) is 17.0. The van der Waals surface area contributed by atoms with Gasteiger partial charge in [-0.25, -0.2) is 0 Å². The Kier molecular flexibility index (Phi) is 19.2. The topological polar surface area (TPSA) is 217 Å². The summed E-state index contributed by atoms with van der Waals surface area (Å²) in [6.45, 7) is 25.5. The molecule has 0 heterocycles. The molecule has 4 atom stereocenters. The number of hydrogen-bond donors (Lipinski definition) is 0. The van der Waals surface area contributed by atoms with Crippen molar-refractivity contribution < 1.29 is 0 Å². The highest BCUT2D eigenvalue weighted by Crippen LogP contribution is 2.26. The van der Waals surface area contributed by atoms with Gasteiger partial charge in [0.2, 0.25) is 0 Å². The maximum atomic E-state index is 9.20. The van der Waals surface area contributed by atoms with Crippen molar-refractivity contribution >= 4 is 0 Å². The molecule has 12 nitrogen and oxygen atoms in total. The molecule has 0 aliphatic carbocycles. The summed E-state index contributed by atoms with van der Waals surface area (Å²) in [5, 5.41) is 76.9. The first-order valence-electron chi connectivity index (χ1n) is 14.7. The minimum atomic E-state index is -0.839. The van der Waals surface area contributed by atoms with E-state index >= 15 is 0 Å². The fourth-order valence-electron chi connectivity index (χ4n) is 2.89. The quantitative estimate of drug-likeness (QED) is 0.198. The highest BCUT2D eigenvalue weighted by molar-refractivity contribution is 5.08. The molecule has 0 bridgehead atoms. The Balaban J connectivity index is -0.000000587. The first-order chi connectivity index (χ1) is 19.9. The monoisotopic (exact) mass is 604 g/mol. The van der Waals surface area contributed by atoms with Gasteiger partial charge in [0.05, 0.1) is 36.4 Å². The molecule has 0 radical (unpaired) electrons. The van der Waals surface area contributed by atoms with Crippen LogP contribution < -0.4 is 0 Å². The van der Waals surface area contributed by atoms with Crippen LogP contribution in [0.2, 0.25) is 0 Å². The lowest BCUT2D eigenvalue weighted by atomic mass is 9.92. The highest BCUT2D eigenvalue weighted by Gasteiger charge is 2.30. The molecule has 12 heteroatoms. The van der Waals surface area contributed by atoms with Crippen molar-refractivity contribution in [2.75, 3.05) is 0 Å². The largest absolute Gasteiger partial charge is 0.196 e. The second-order valence-corrected chi connectivity index (χ2v) is 13.4. The molecule has 0 aromatic carbocycles. The molecule has 0 N–H and O–H groups in total. The average molecular weight is 605 g/mol. The van der Waals surface area contributed by atoms with Crippen molar-refractivity contribution in [2.24, 2.45) is 42.5 Å². The van der Waals surface area contributed by atoms with E-state index in [1.807, 2.05) is 53.7 Å². The predicted molar refractivity (Wildman–Crippen MR) is 170 cm³/mol. The summed E-state index contributed by atoms with van der Waals surface area (Å²) in [5.74, 6) is 0.735. The van der Waals surface area contributed by atoms with Crippen LogP contribution in [0.3, 0.4) is 0 Å². The van der Waals surface area contributed by atoms with Gasteiger partial charge in [-0.15, -0.1) is 0 Å². The van der Waals surface area contributed by atoms with E-state index in [-0.39, 0.29) is 0 Å². The van der Waals surface area contributed by atoms with E-state index in [4.69, 9.17) is 21.0 Å². The second-order valence-electron chi connectivity index (χ2n) is 13.4. The third kappa shape index (κ3) is 19.8. The third-order valence-corrected chi connectivity index (χ3v) is 6.03. The van der Waals surface area contributed by atoms with Crippen molar-refractivity contribution in [3.05, 3.63) is 0 Å². The van der Waals surface area contributed by atoms with Crippen molar-refractivity contribution in [3.8, 4) is 36.4 Å². The number of rotatable bonds is 12. The predicted octanol–water partition coefficient (Wildman–Crippen LogP) is 8.96. The van der Waals surface area contributed by atoms with Gasteiger partial charge in [-0.05, 0) is 92.9 Å². The van der Waals surface area contributed by atoms with Crippen LogP contribution >= 0.6 is 0 Å². The average Bonchev–Trinajstić information content (AvgIpc) is 2.98. The minimum absolute atomic E-state index is 0.368. The van der Waals surface area contributed by atoms with Gasteiger partial charge in [0, 0.05) is 0 Å². The molecule has 0 aromatic heterocycles. The molecule has 0 spiro atoms. The summed E-state index contributed by atoms with van der Waals surface area (Å²) in [6.07, 6.45) is 2.49. The van der Waals surface area contributed by atoms with Crippen LogP contribution in [0.4, 0.5) is 0 Å². The zero-order valence-electron chi connectivity index (χ0n) is 29.3. The van der Waals surface area contributed by atoms with E-state index < -0.39 is 33.2 Å². The zero-order chi connectivity index (χ0) is 35.5. The highest BCUT2D eigenvalue weighted by atomic mass is 15.2. The fourth-order valence-corrected chi connectivity index (χ4v) is 2.89. The van der Waals surface area contributed by atoms with Crippen LogP contribution in [0.1, 0.15) is 123 Å². The van der Waals surface area contributed by atoms with Crippen molar-refractivity contribution in [2.45, 2.75) is 156 Å². The van der Waals surface area contributed by atoms with Gasteiger partial charge in [0.25, 0.3) is 0 Å². The molecule has 44 heavy (non-hydrogen) atoms. The molecule has 0 fully saturated rings. The lowest BCUT2D eigenvalue weighted by molar-refractivity contribution is 0.384. The molecule has 240 valence electrons. The molecule has 0 aliphatic rings. The van der Waals surface area contributed by atoms with E-state index in [0.29, 0.717) is 37.5 Å². The number of azo groups is 3. The molecule has 4 unspecified atom stereocenters. The Morgan fingerprint density at radius 3 is 0.795 bits per heavy atom. The molecule has 0 aliphatic heterocycles. The summed E-state index contributed by atoms with van der Waals surface area (Å²) >= 11 is 0. The van der Waals surface area contributed by atoms with E-state index in [1.54, 1.807) is 55.4 Å². The van der Waals surface area contributed by atoms with Gasteiger partial charge < -0.3 is 0 Å². The maximum Gasteiger partial charge on any atom is 0.165 e. The van der Waals surface area contributed by atoms with Crippen LogP contribution in [0.15, 0.2) is 30.7 Å². The Labute approximate surface area is 266 Å². The number of hydrogen-bond acceptors (Lipinski definition) is 12. The Hall–Kier alpha value is -4.26. The standard InChI is InChI=1S/C14H24N4.C10H16N4.C8H12N4/c1-11(2)7-13(5,9-15)17-18-14(6,10-16)8-12(3)4;1-5-9(3,7-11)13-14-10(4,6-2)8-12;1-7(2,5-9)11-12-8(3,4)6-10/h11-12H,7-8H2,1-6H3;5-6H2,1-4H3;1-4H3. The Morgan fingerprint density at radius 1 is 0.409 bits per heavy atom. The third-order valence-electron chi connectivity index (χ3n) is 6.03. The van der Waals surface area contributed by atoms with Gasteiger partial charge in [-0.2, -0.15) is 62.3 Å². The van der Waals surface area contributed by atoms with Crippen LogP contribution in [-0.4, -0.2) is 33.2 Å². The smallest absolute Gasteiger partial charge is 0.165 e. The van der Waals surface area contributed by atoms with Crippen LogP contribution in [0.5, 0.6) is 0 Å². The van der Waals surface area contributed by atoms with E-state index in [9.17, 15) is 10.5 Å². The van der Waals surface area contributed by atoms with Crippen LogP contribution in [0.25, 0.3) is 0 Å². The molecular weight excluding hydrogens is 552 g/mol. The van der Waals surface area contributed by atoms with Gasteiger partial charge in [-0.3, -0.25) is 0 Å². The van der Waals surface area contributed by atoms with Crippen molar-refractivity contribution in [3.63, 3.8) is 0 Å². The van der Waals surface area contributed by atoms with Crippen molar-refractivity contribution in [1.29, 1.82) is 31.6 Å². The van der Waals surface area contributed by atoms with Crippen LogP contribution in [-0.2, 0) is 0 Å². The first kappa shape index (κ1) is 44.2. The lowest BCUT2D eigenvalue weighted by Gasteiger charge is -2.22. The van der Waals surface area contributed by atoms with Crippen molar-refractivity contribution in [1.82, 2.24) is 0 Å². The Morgan fingerprint density at radius 2 is 0.636 bits per heavy atom. The van der Waals surface area contributed by atoms with Crippen LogP contribution in [0, 0.1) is 79.8 Å². The van der Waals surface area contributed by atoms with E-state index in [2.05, 4.69) is 55.0 Å². The first-order valence-corrected chi connectivity index (χ1v) is 14.7. The molecule has 0 aromatic rings. The molecule has 0 rings (SSSR count). The molecule has 0 saturated heterocycles. The number of nitrogens with zero attached hydrogens (tertiary/aromatic N) is 12. The molecular formula is C32H52N12. The second kappa shape index (κ2) is 19.1. The van der Waals surface area contributed by atoms with Gasteiger partial charge in [0.1, 0.15) is 0 Å². The van der Waals surface area contributed by atoms with Gasteiger partial charge >= 0.3 is 0 Å². The fraction of sp³-hybridized carbons (Fsp3) is 0.812. The number of nitriles is 6. The summed E-state index contributed by atoms with van der Waals surface area (Å²) in [6, 6.07) is 12.5. The summed E-state index contributed by atoms with van der Waals surface area (Å²) in [7, 11) is 0. The summed E-state index contributed by atoms with van der Waals surface area (Å²) < 4.78 is 0. The van der Waals surface area contributed by atoms with E-state index in [0.717, 1.165) is 0 Å². The van der Waals surface area contributed by atoms with Gasteiger partial charge in [0.15, 0.2) is 33.2 Å². The van der Waals surface area contributed by atoms with E-state index in [1.165, 1.54) is 0 Å².